The van der Waals surface area contributed by atoms with Gasteiger partial charge in [-0.1, -0.05) is 194 Å². The minimum atomic E-state index is 1.12. The molecule has 0 unspecified atom stereocenters. The maximum atomic E-state index is 2.29. The highest BCUT2D eigenvalue weighted by Gasteiger charge is 2.14. The van der Waals surface area contributed by atoms with Crippen molar-refractivity contribution in [1.82, 2.24) is 0 Å². The van der Waals surface area contributed by atoms with Crippen LogP contribution in [0.25, 0.3) is 57.0 Å². The number of fused-ring (bicyclic) bond motifs is 2. The number of rotatable bonds is 11. The fraction of sp³-hybridized carbons (Fsp3) is 0. The van der Waals surface area contributed by atoms with Gasteiger partial charge in [-0.15, -0.1) is 0 Å². The number of hydrogen-bond donors (Lipinski definition) is 0. The van der Waals surface area contributed by atoms with E-state index in [9.17, 15) is 0 Å². The third-order valence-electron chi connectivity index (χ3n) is 11.5. The van der Waals surface area contributed by atoms with Crippen molar-refractivity contribution in [2.75, 3.05) is 9.80 Å². The summed E-state index contributed by atoms with van der Waals surface area (Å²) in [6.45, 7) is 0. The number of nitrogens with zero attached hydrogens (tertiary/aromatic N) is 2. The topological polar surface area (TPSA) is 6.48 Å². The second-order valence-electron chi connectivity index (χ2n) is 15.4. The average Bonchev–Trinajstić information content (AvgIpc) is 3.35. The van der Waals surface area contributed by atoms with Crippen LogP contribution in [-0.2, 0) is 0 Å². The van der Waals surface area contributed by atoms with Crippen molar-refractivity contribution >= 4 is 80.0 Å². The van der Waals surface area contributed by atoms with Gasteiger partial charge in [0.2, 0.25) is 0 Å². The molecule has 62 heavy (non-hydrogen) atoms. The zero-order valence-corrected chi connectivity index (χ0v) is 34.3. The van der Waals surface area contributed by atoms with Crippen LogP contribution in [0.3, 0.4) is 0 Å². The first-order chi connectivity index (χ1) is 30.8. The molecule has 0 aromatic heterocycles. The maximum Gasteiger partial charge on any atom is 0.0462 e. The molecule has 2 nitrogen and oxygen atoms in total. The van der Waals surface area contributed by atoms with Crippen molar-refractivity contribution in [3.8, 4) is 11.1 Å². The Balaban J connectivity index is 0.920. The molecule has 0 saturated carbocycles. The van der Waals surface area contributed by atoms with Crippen LogP contribution in [0.1, 0.15) is 22.3 Å². The molecule has 0 aliphatic carbocycles. The number of anilines is 6. The van der Waals surface area contributed by atoms with Gasteiger partial charge in [-0.2, -0.15) is 0 Å². The van der Waals surface area contributed by atoms with Crippen LogP contribution in [0.15, 0.2) is 243 Å². The molecule has 10 aromatic rings. The average molecular weight is 793 g/mol. The highest BCUT2D eigenvalue weighted by Crippen LogP contribution is 2.39. The molecule has 0 spiro atoms. The Hall–Kier alpha value is -8.20. The molecular formula is C60H44N2. The highest BCUT2D eigenvalue weighted by molar-refractivity contribution is 6.09. The van der Waals surface area contributed by atoms with E-state index in [0.717, 1.165) is 45.3 Å². The van der Waals surface area contributed by atoms with Crippen molar-refractivity contribution in [3.63, 3.8) is 0 Å². The van der Waals surface area contributed by atoms with Crippen LogP contribution < -0.4 is 9.80 Å². The summed E-state index contributed by atoms with van der Waals surface area (Å²) < 4.78 is 0. The van der Waals surface area contributed by atoms with E-state index in [-0.39, 0.29) is 0 Å². The summed E-state index contributed by atoms with van der Waals surface area (Å²) in [4.78, 5) is 4.58. The molecule has 0 amide bonds. The summed E-state index contributed by atoms with van der Waals surface area (Å²) in [5, 5.41) is 4.93. The summed E-state index contributed by atoms with van der Waals surface area (Å²) >= 11 is 0. The Kier molecular flexibility index (Phi) is 10.8. The van der Waals surface area contributed by atoms with E-state index in [0.29, 0.717) is 0 Å². The molecule has 0 heterocycles. The third-order valence-corrected chi connectivity index (χ3v) is 11.5. The standard InChI is InChI=1S/C60H44N2/c1-5-17-49(18-6-1)61(50-19-7-2-8-20-50)53-39-31-45(32-40-53)29-35-47-37-43-59(57-27-15-13-25-55(47)57)60-44-38-48(56-26-14-16-28-58(56)60)36-30-46-33-41-54(42-34-46)62(51-21-9-3-10-22-51)52-23-11-4-12-24-52/h1-44H/b35-29+,36-30+. The van der Waals surface area contributed by atoms with E-state index < -0.39 is 0 Å². The van der Waals surface area contributed by atoms with Gasteiger partial charge in [0.25, 0.3) is 0 Å². The molecule has 0 saturated heterocycles. The Morgan fingerprint density at radius 3 is 0.806 bits per heavy atom. The zero-order valence-electron chi connectivity index (χ0n) is 34.3. The van der Waals surface area contributed by atoms with Crippen molar-refractivity contribution in [1.29, 1.82) is 0 Å². The van der Waals surface area contributed by atoms with Gasteiger partial charge in [-0.05, 0) is 128 Å². The minimum absolute atomic E-state index is 1.12. The first-order valence-electron chi connectivity index (χ1n) is 21.2. The first kappa shape index (κ1) is 38.0. The Bertz CT molecular complexity index is 2840. The normalized spacial score (nSPS) is 11.4. The molecule has 0 fully saturated rings. The number of hydrogen-bond acceptors (Lipinski definition) is 2. The van der Waals surface area contributed by atoms with Gasteiger partial charge in [-0.25, -0.2) is 0 Å². The van der Waals surface area contributed by atoms with Gasteiger partial charge in [0.15, 0.2) is 0 Å². The second kappa shape index (κ2) is 17.6. The van der Waals surface area contributed by atoms with E-state index in [1.165, 1.54) is 43.8 Å². The third kappa shape index (κ3) is 7.93. The fourth-order valence-electron chi connectivity index (χ4n) is 8.45. The Morgan fingerprint density at radius 1 is 0.210 bits per heavy atom. The van der Waals surface area contributed by atoms with Crippen LogP contribution in [0.4, 0.5) is 34.1 Å². The lowest BCUT2D eigenvalue weighted by Gasteiger charge is -2.25. The molecule has 10 rings (SSSR count). The van der Waals surface area contributed by atoms with Gasteiger partial charge in [0.1, 0.15) is 0 Å². The van der Waals surface area contributed by atoms with Crippen LogP contribution >= 0.6 is 0 Å². The molecular weight excluding hydrogens is 749 g/mol. The summed E-state index contributed by atoms with van der Waals surface area (Å²) in [5.74, 6) is 0. The predicted molar refractivity (Wildman–Crippen MR) is 267 cm³/mol. The summed E-state index contributed by atoms with van der Waals surface area (Å²) in [7, 11) is 0. The lowest BCUT2D eigenvalue weighted by Crippen LogP contribution is -2.09. The molecule has 0 bridgehead atoms. The Labute approximate surface area is 364 Å². The van der Waals surface area contributed by atoms with Crippen molar-refractivity contribution in [2.45, 2.75) is 0 Å². The SMILES string of the molecule is C(=C\c1ccc(-c2ccc(/C=C/c3ccc(N(c4ccccc4)c4ccccc4)cc3)c3ccccc23)c2ccccc12)/c1ccc(N(c2ccccc2)c2ccccc2)cc1. The smallest absolute Gasteiger partial charge is 0.0462 e. The summed E-state index contributed by atoms with van der Waals surface area (Å²) in [5.41, 5.74) is 13.9. The summed E-state index contributed by atoms with van der Waals surface area (Å²) in [6, 6.07) is 86.4. The van der Waals surface area contributed by atoms with Crippen LogP contribution in [0, 0.1) is 0 Å². The molecule has 10 aromatic carbocycles. The Morgan fingerprint density at radius 2 is 0.484 bits per heavy atom. The minimum Gasteiger partial charge on any atom is -0.311 e. The van der Waals surface area contributed by atoms with Crippen LogP contribution in [-0.4, -0.2) is 0 Å². The summed E-state index contributed by atoms with van der Waals surface area (Å²) in [6.07, 6.45) is 8.92. The van der Waals surface area contributed by atoms with Crippen molar-refractivity contribution < 1.29 is 0 Å². The molecule has 0 aliphatic heterocycles. The van der Waals surface area contributed by atoms with Gasteiger partial charge in [-0.3, -0.25) is 0 Å². The number of benzene rings is 10. The molecule has 0 aliphatic rings. The van der Waals surface area contributed by atoms with E-state index in [2.05, 4.69) is 277 Å². The monoisotopic (exact) mass is 792 g/mol. The molecule has 0 radical (unpaired) electrons. The van der Waals surface area contributed by atoms with Crippen LogP contribution in [0.5, 0.6) is 0 Å². The highest BCUT2D eigenvalue weighted by atomic mass is 15.1. The number of para-hydroxylation sites is 4. The molecule has 0 atom stereocenters. The lowest BCUT2D eigenvalue weighted by molar-refractivity contribution is 1.28. The zero-order chi connectivity index (χ0) is 41.5. The molecule has 294 valence electrons. The van der Waals surface area contributed by atoms with Crippen LogP contribution in [0.2, 0.25) is 0 Å². The van der Waals surface area contributed by atoms with Crippen molar-refractivity contribution in [3.05, 3.63) is 265 Å². The fourth-order valence-corrected chi connectivity index (χ4v) is 8.45. The van der Waals surface area contributed by atoms with E-state index >= 15 is 0 Å². The molecule has 0 N–H and O–H groups in total. The predicted octanol–water partition coefficient (Wildman–Crippen LogP) is 16.9. The van der Waals surface area contributed by atoms with E-state index in [4.69, 9.17) is 0 Å². The van der Waals surface area contributed by atoms with Crippen molar-refractivity contribution in [2.24, 2.45) is 0 Å². The van der Waals surface area contributed by atoms with E-state index in [1.54, 1.807) is 0 Å². The van der Waals surface area contributed by atoms with E-state index in [1.807, 2.05) is 0 Å². The maximum absolute atomic E-state index is 2.29. The van der Waals surface area contributed by atoms with Gasteiger partial charge < -0.3 is 9.80 Å². The lowest BCUT2D eigenvalue weighted by atomic mass is 9.90. The molecule has 2 heteroatoms. The van der Waals surface area contributed by atoms with Gasteiger partial charge >= 0.3 is 0 Å². The largest absolute Gasteiger partial charge is 0.311 e. The van der Waals surface area contributed by atoms with Gasteiger partial charge in [0, 0.05) is 34.1 Å². The van der Waals surface area contributed by atoms with Gasteiger partial charge in [0.05, 0.1) is 0 Å². The quantitative estimate of drug-likeness (QED) is 0.120. The second-order valence-corrected chi connectivity index (χ2v) is 15.4. The first-order valence-corrected chi connectivity index (χ1v) is 21.2.